The number of fused-ring (bicyclic) bond motifs is 1. The SMILES string of the molecule is CC(=O)NCC1CCCc2cc(S(=O)c3ccccc3)cc(F)c21. The number of halogens is 1. The van der Waals surface area contributed by atoms with Gasteiger partial charge in [0.25, 0.3) is 0 Å². The molecule has 0 radical (unpaired) electrons. The smallest absolute Gasteiger partial charge is 0.216 e. The van der Waals surface area contributed by atoms with E-state index in [1.54, 1.807) is 12.1 Å². The van der Waals surface area contributed by atoms with Crippen LogP contribution in [0.1, 0.15) is 36.8 Å². The van der Waals surface area contributed by atoms with Gasteiger partial charge < -0.3 is 5.32 Å². The largest absolute Gasteiger partial charge is 0.356 e. The fourth-order valence-corrected chi connectivity index (χ4v) is 4.39. The van der Waals surface area contributed by atoms with Gasteiger partial charge in [0.05, 0.1) is 10.8 Å². The minimum absolute atomic E-state index is 0.0168. The first-order chi connectivity index (χ1) is 11.6. The number of hydrogen-bond acceptors (Lipinski definition) is 2. The Kier molecular flexibility index (Phi) is 5.09. The van der Waals surface area contributed by atoms with Gasteiger partial charge in [-0.25, -0.2) is 8.60 Å². The van der Waals surface area contributed by atoms with Gasteiger partial charge in [-0.1, -0.05) is 18.2 Å². The monoisotopic (exact) mass is 345 g/mol. The Morgan fingerprint density at radius 3 is 2.71 bits per heavy atom. The second-order valence-electron chi connectivity index (χ2n) is 6.09. The van der Waals surface area contributed by atoms with E-state index in [2.05, 4.69) is 5.32 Å². The number of hydrogen-bond donors (Lipinski definition) is 1. The molecule has 5 heteroatoms. The summed E-state index contributed by atoms with van der Waals surface area (Å²) in [5, 5.41) is 2.78. The maximum atomic E-state index is 14.7. The van der Waals surface area contributed by atoms with Crippen molar-refractivity contribution in [3.63, 3.8) is 0 Å². The second kappa shape index (κ2) is 7.26. The summed E-state index contributed by atoms with van der Waals surface area (Å²) < 4.78 is 27.4. The van der Waals surface area contributed by atoms with Gasteiger partial charge in [0, 0.05) is 29.2 Å². The molecule has 0 bridgehead atoms. The standard InChI is InChI=1S/C19H20FNO2S/c1-13(22)21-12-15-7-5-6-14-10-17(11-18(20)19(14)15)24(23)16-8-3-2-4-9-16/h2-4,8-11,15H,5-7,12H2,1H3,(H,21,22). The predicted octanol–water partition coefficient (Wildman–Crippen LogP) is 3.55. The van der Waals surface area contributed by atoms with Crippen molar-refractivity contribution < 1.29 is 13.4 Å². The number of benzene rings is 2. The van der Waals surface area contributed by atoms with E-state index in [4.69, 9.17) is 0 Å². The Hall–Kier alpha value is -2.01. The summed E-state index contributed by atoms with van der Waals surface area (Å²) in [6.07, 6.45) is 2.58. The van der Waals surface area contributed by atoms with Crippen LogP contribution in [0.25, 0.3) is 0 Å². The van der Waals surface area contributed by atoms with Gasteiger partial charge in [-0.2, -0.15) is 0 Å². The first kappa shape index (κ1) is 16.8. The van der Waals surface area contributed by atoms with Crippen LogP contribution in [0.2, 0.25) is 0 Å². The third-order valence-corrected chi connectivity index (χ3v) is 5.73. The van der Waals surface area contributed by atoms with Crippen molar-refractivity contribution in [2.45, 2.75) is 41.9 Å². The first-order valence-electron chi connectivity index (χ1n) is 8.10. The number of carbonyl (C=O) groups is 1. The summed E-state index contributed by atoms with van der Waals surface area (Å²) in [6, 6.07) is 12.3. The molecule has 2 atom stereocenters. The summed E-state index contributed by atoms with van der Waals surface area (Å²) in [7, 11) is -1.39. The lowest BCUT2D eigenvalue weighted by molar-refractivity contribution is -0.119. The molecule has 1 aliphatic carbocycles. The number of amides is 1. The second-order valence-corrected chi connectivity index (χ2v) is 7.57. The molecule has 3 nitrogen and oxygen atoms in total. The topological polar surface area (TPSA) is 46.2 Å². The van der Waals surface area contributed by atoms with E-state index < -0.39 is 10.8 Å². The average molecular weight is 345 g/mol. The Morgan fingerprint density at radius 1 is 1.25 bits per heavy atom. The van der Waals surface area contributed by atoms with Crippen LogP contribution in [0.3, 0.4) is 0 Å². The van der Waals surface area contributed by atoms with E-state index in [1.165, 1.54) is 13.0 Å². The van der Waals surface area contributed by atoms with E-state index in [-0.39, 0.29) is 17.6 Å². The molecule has 126 valence electrons. The van der Waals surface area contributed by atoms with Crippen molar-refractivity contribution in [2.75, 3.05) is 6.54 Å². The number of nitrogens with one attached hydrogen (secondary N) is 1. The molecule has 0 saturated carbocycles. The maximum absolute atomic E-state index is 14.7. The highest BCUT2D eigenvalue weighted by molar-refractivity contribution is 7.85. The first-order valence-corrected chi connectivity index (χ1v) is 9.25. The van der Waals surface area contributed by atoms with E-state index in [0.717, 1.165) is 24.8 Å². The molecule has 1 amide bonds. The van der Waals surface area contributed by atoms with E-state index >= 15 is 0 Å². The molecule has 2 aromatic rings. The van der Waals surface area contributed by atoms with Crippen molar-refractivity contribution >= 4 is 16.7 Å². The molecule has 2 unspecified atom stereocenters. The zero-order valence-corrected chi connectivity index (χ0v) is 14.4. The fourth-order valence-electron chi connectivity index (χ4n) is 3.25. The van der Waals surface area contributed by atoms with Crippen LogP contribution in [-0.2, 0) is 22.0 Å². The summed E-state index contributed by atoms with van der Waals surface area (Å²) in [5.74, 6) is -0.442. The van der Waals surface area contributed by atoms with Crippen molar-refractivity contribution in [1.82, 2.24) is 5.32 Å². The minimum atomic E-state index is -1.39. The molecule has 1 N–H and O–H groups in total. The summed E-state index contributed by atoms with van der Waals surface area (Å²) >= 11 is 0. The molecule has 24 heavy (non-hydrogen) atoms. The van der Waals surface area contributed by atoms with E-state index in [0.29, 0.717) is 21.9 Å². The predicted molar refractivity (Wildman–Crippen MR) is 91.9 cm³/mol. The number of rotatable bonds is 4. The quantitative estimate of drug-likeness (QED) is 0.921. The van der Waals surface area contributed by atoms with Crippen LogP contribution in [0.15, 0.2) is 52.3 Å². The van der Waals surface area contributed by atoms with Gasteiger partial charge >= 0.3 is 0 Å². The molecule has 0 aliphatic heterocycles. The Morgan fingerprint density at radius 2 is 2.00 bits per heavy atom. The molecule has 0 aromatic heterocycles. The molecule has 0 heterocycles. The Bertz CT molecular complexity index is 776. The number of carbonyl (C=O) groups excluding carboxylic acids is 1. The van der Waals surface area contributed by atoms with Crippen LogP contribution in [0, 0.1) is 5.82 Å². The minimum Gasteiger partial charge on any atom is -0.356 e. The van der Waals surface area contributed by atoms with E-state index in [9.17, 15) is 13.4 Å². The van der Waals surface area contributed by atoms with Crippen LogP contribution in [0.5, 0.6) is 0 Å². The Labute approximate surface area is 143 Å². The van der Waals surface area contributed by atoms with Crippen LogP contribution in [-0.4, -0.2) is 16.7 Å². The zero-order valence-electron chi connectivity index (χ0n) is 13.5. The number of aryl methyl sites for hydroxylation is 1. The van der Waals surface area contributed by atoms with Gasteiger partial charge in [0.2, 0.25) is 5.91 Å². The van der Waals surface area contributed by atoms with Gasteiger partial charge in [-0.15, -0.1) is 0 Å². The third-order valence-electron chi connectivity index (χ3n) is 4.36. The molecular weight excluding hydrogens is 325 g/mol. The highest BCUT2D eigenvalue weighted by atomic mass is 32.2. The third kappa shape index (κ3) is 3.56. The highest BCUT2D eigenvalue weighted by Gasteiger charge is 2.25. The molecule has 0 saturated heterocycles. The lowest BCUT2D eigenvalue weighted by Gasteiger charge is -2.26. The molecule has 0 spiro atoms. The molecule has 3 rings (SSSR count). The van der Waals surface area contributed by atoms with Crippen LogP contribution >= 0.6 is 0 Å². The van der Waals surface area contributed by atoms with E-state index in [1.807, 2.05) is 24.3 Å². The van der Waals surface area contributed by atoms with Gasteiger partial charge in [0.1, 0.15) is 5.82 Å². The summed E-state index contributed by atoms with van der Waals surface area (Å²) in [4.78, 5) is 12.3. The normalized spacial score (nSPS) is 17.8. The average Bonchev–Trinajstić information content (AvgIpc) is 2.59. The summed E-state index contributed by atoms with van der Waals surface area (Å²) in [6.45, 7) is 1.91. The van der Waals surface area contributed by atoms with Gasteiger partial charge in [-0.05, 0) is 54.7 Å². The molecule has 0 fully saturated rings. The maximum Gasteiger partial charge on any atom is 0.216 e. The van der Waals surface area contributed by atoms with Gasteiger partial charge in [0.15, 0.2) is 0 Å². The highest BCUT2D eigenvalue weighted by Crippen LogP contribution is 2.35. The Balaban J connectivity index is 1.92. The van der Waals surface area contributed by atoms with Crippen molar-refractivity contribution in [1.29, 1.82) is 0 Å². The van der Waals surface area contributed by atoms with Crippen molar-refractivity contribution in [2.24, 2.45) is 0 Å². The lowest BCUT2D eigenvalue weighted by Crippen LogP contribution is -2.28. The summed E-state index contributed by atoms with van der Waals surface area (Å²) in [5.41, 5.74) is 1.58. The van der Waals surface area contributed by atoms with Gasteiger partial charge in [-0.3, -0.25) is 4.79 Å². The lowest BCUT2D eigenvalue weighted by atomic mass is 9.82. The van der Waals surface area contributed by atoms with Crippen molar-refractivity contribution in [3.05, 3.63) is 59.4 Å². The molecule has 2 aromatic carbocycles. The van der Waals surface area contributed by atoms with Crippen molar-refractivity contribution in [3.8, 4) is 0 Å². The van der Waals surface area contributed by atoms with Crippen LogP contribution in [0.4, 0.5) is 4.39 Å². The zero-order chi connectivity index (χ0) is 17.1. The molecule has 1 aliphatic rings. The molecular formula is C19H20FNO2S. The fraction of sp³-hybridized carbons (Fsp3) is 0.316. The van der Waals surface area contributed by atoms with Crippen LogP contribution < -0.4 is 5.32 Å².